The minimum Gasteiger partial charge on any atom is -0.352 e. The fourth-order valence-electron chi connectivity index (χ4n) is 2.83. The summed E-state index contributed by atoms with van der Waals surface area (Å²) < 4.78 is 14.3. The molecule has 0 unspecified atom stereocenters. The summed E-state index contributed by atoms with van der Waals surface area (Å²) in [6.07, 6.45) is 0. The first-order valence-corrected chi connectivity index (χ1v) is 7.93. The van der Waals surface area contributed by atoms with Gasteiger partial charge in [0.1, 0.15) is 11.9 Å². The first-order chi connectivity index (χ1) is 12.0. The van der Waals surface area contributed by atoms with Crippen molar-refractivity contribution in [2.45, 2.75) is 6.04 Å². The van der Waals surface area contributed by atoms with E-state index in [2.05, 4.69) is 5.32 Å². The summed E-state index contributed by atoms with van der Waals surface area (Å²) >= 11 is 6.09. The van der Waals surface area contributed by atoms with Crippen LogP contribution in [-0.2, 0) is 4.79 Å². The summed E-state index contributed by atoms with van der Waals surface area (Å²) in [5.74, 6) is -1.61. The van der Waals surface area contributed by atoms with E-state index < -0.39 is 23.7 Å². The van der Waals surface area contributed by atoms with Gasteiger partial charge >= 0.3 is 0 Å². The molecule has 2 amide bonds. The van der Waals surface area contributed by atoms with E-state index in [0.717, 1.165) is 0 Å². The van der Waals surface area contributed by atoms with E-state index in [4.69, 9.17) is 16.9 Å². The molecule has 0 aliphatic carbocycles. The maximum absolute atomic E-state index is 14.3. The Morgan fingerprint density at radius 2 is 2.08 bits per heavy atom. The molecule has 2 aromatic carbocycles. The smallest absolute Gasteiger partial charge is 0.254 e. The number of piperazine rings is 1. The Labute approximate surface area is 148 Å². The molecule has 1 saturated heterocycles. The van der Waals surface area contributed by atoms with E-state index in [0.29, 0.717) is 5.56 Å². The van der Waals surface area contributed by atoms with Crippen molar-refractivity contribution in [1.29, 1.82) is 5.26 Å². The van der Waals surface area contributed by atoms with Crippen LogP contribution in [0.4, 0.5) is 4.39 Å². The van der Waals surface area contributed by atoms with Gasteiger partial charge in [0.25, 0.3) is 5.91 Å². The molecule has 1 aliphatic heterocycles. The van der Waals surface area contributed by atoms with Crippen molar-refractivity contribution in [3.63, 3.8) is 0 Å². The predicted molar refractivity (Wildman–Crippen MR) is 89.4 cm³/mol. The summed E-state index contributed by atoms with van der Waals surface area (Å²) in [5, 5.41) is 11.7. The first-order valence-electron chi connectivity index (χ1n) is 7.55. The molecule has 1 fully saturated rings. The van der Waals surface area contributed by atoms with Gasteiger partial charge in [-0.25, -0.2) is 4.39 Å². The van der Waals surface area contributed by atoms with Crippen molar-refractivity contribution >= 4 is 23.4 Å². The molecule has 25 heavy (non-hydrogen) atoms. The van der Waals surface area contributed by atoms with Crippen molar-refractivity contribution in [2.75, 3.05) is 13.1 Å². The molecule has 3 rings (SSSR count). The van der Waals surface area contributed by atoms with Gasteiger partial charge in [0.2, 0.25) is 5.91 Å². The highest BCUT2D eigenvalue weighted by Gasteiger charge is 2.37. The number of hydrogen-bond acceptors (Lipinski definition) is 3. The van der Waals surface area contributed by atoms with Gasteiger partial charge < -0.3 is 10.2 Å². The Kier molecular flexibility index (Phi) is 4.68. The second kappa shape index (κ2) is 6.91. The lowest BCUT2D eigenvalue weighted by atomic mass is 10.00. The third-order valence-electron chi connectivity index (χ3n) is 3.98. The van der Waals surface area contributed by atoms with Gasteiger partial charge in [-0.15, -0.1) is 0 Å². The molecular weight excluding hydrogens is 345 g/mol. The van der Waals surface area contributed by atoms with Crippen molar-refractivity contribution in [2.24, 2.45) is 0 Å². The van der Waals surface area contributed by atoms with Crippen molar-refractivity contribution in [3.05, 3.63) is 70.0 Å². The molecule has 126 valence electrons. The Hall–Kier alpha value is -2.91. The molecule has 0 radical (unpaired) electrons. The van der Waals surface area contributed by atoms with E-state index in [1.54, 1.807) is 18.2 Å². The van der Waals surface area contributed by atoms with E-state index in [1.807, 2.05) is 6.07 Å². The lowest BCUT2D eigenvalue weighted by molar-refractivity contribution is -0.128. The number of nitrogens with zero attached hydrogens (tertiary/aromatic N) is 2. The van der Waals surface area contributed by atoms with Crippen LogP contribution in [0.25, 0.3) is 0 Å². The zero-order valence-corrected chi connectivity index (χ0v) is 13.8. The number of rotatable bonds is 2. The minimum atomic E-state index is -1.17. The number of nitriles is 1. The van der Waals surface area contributed by atoms with Gasteiger partial charge in [-0.1, -0.05) is 23.7 Å². The Morgan fingerprint density at radius 3 is 2.80 bits per heavy atom. The average Bonchev–Trinajstić information content (AvgIpc) is 2.62. The maximum Gasteiger partial charge on any atom is 0.254 e. The molecule has 0 aromatic heterocycles. The summed E-state index contributed by atoms with van der Waals surface area (Å²) in [7, 11) is 0. The second-order valence-electron chi connectivity index (χ2n) is 5.52. The second-order valence-corrected chi connectivity index (χ2v) is 5.93. The van der Waals surface area contributed by atoms with Crippen LogP contribution in [0.2, 0.25) is 5.02 Å². The van der Waals surface area contributed by atoms with Crippen LogP contribution in [0.3, 0.4) is 0 Å². The summed E-state index contributed by atoms with van der Waals surface area (Å²) in [5.41, 5.74) is 0.546. The fraction of sp³-hybridized carbons (Fsp3) is 0.167. The highest BCUT2D eigenvalue weighted by Crippen LogP contribution is 2.32. The number of hydrogen-bond donors (Lipinski definition) is 1. The van der Waals surface area contributed by atoms with Crippen LogP contribution in [0, 0.1) is 17.1 Å². The molecule has 1 atom stereocenters. The summed E-state index contributed by atoms with van der Waals surface area (Å²) in [6, 6.07) is 11.1. The Balaban J connectivity index is 2.05. The number of amides is 2. The van der Waals surface area contributed by atoms with Gasteiger partial charge in [0.15, 0.2) is 0 Å². The number of halogens is 2. The zero-order chi connectivity index (χ0) is 18.0. The lowest BCUT2D eigenvalue weighted by Crippen LogP contribution is -2.52. The van der Waals surface area contributed by atoms with E-state index in [9.17, 15) is 14.0 Å². The molecule has 1 aliphatic rings. The van der Waals surface area contributed by atoms with Gasteiger partial charge in [0.05, 0.1) is 11.6 Å². The molecule has 1 N–H and O–H groups in total. The standard InChI is InChI=1S/C18H13ClFN3O2/c19-13-5-2-6-14(20)15(13)16-17(24)22-7-8-23(16)18(25)12-4-1-3-11(9-12)10-21/h1-6,9,16H,7-8H2,(H,22,24)/t16-/m0/s1. The third kappa shape index (κ3) is 3.19. The summed E-state index contributed by atoms with van der Waals surface area (Å²) in [4.78, 5) is 26.6. The number of carbonyl (C=O) groups excluding carboxylic acids is 2. The topological polar surface area (TPSA) is 73.2 Å². The van der Waals surface area contributed by atoms with Crippen LogP contribution in [0.5, 0.6) is 0 Å². The van der Waals surface area contributed by atoms with Crippen molar-refractivity contribution in [1.82, 2.24) is 10.2 Å². The molecule has 2 aromatic rings. The van der Waals surface area contributed by atoms with Crippen molar-refractivity contribution in [3.8, 4) is 6.07 Å². The monoisotopic (exact) mass is 357 g/mol. The predicted octanol–water partition coefficient (Wildman–Crippen LogP) is 2.66. The number of nitrogens with one attached hydrogen (secondary N) is 1. The summed E-state index contributed by atoms with van der Waals surface area (Å²) in [6.45, 7) is 0.460. The van der Waals surface area contributed by atoms with E-state index in [1.165, 1.54) is 29.2 Å². The van der Waals surface area contributed by atoms with Gasteiger partial charge in [-0.3, -0.25) is 9.59 Å². The molecule has 0 spiro atoms. The molecule has 1 heterocycles. The van der Waals surface area contributed by atoms with Crippen LogP contribution in [-0.4, -0.2) is 29.8 Å². The van der Waals surface area contributed by atoms with Crippen LogP contribution in [0.1, 0.15) is 27.5 Å². The maximum atomic E-state index is 14.3. The first kappa shape index (κ1) is 16.9. The van der Waals surface area contributed by atoms with Gasteiger partial charge in [-0.05, 0) is 30.3 Å². The van der Waals surface area contributed by atoms with E-state index in [-0.39, 0.29) is 29.2 Å². The Morgan fingerprint density at radius 1 is 1.32 bits per heavy atom. The number of benzene rings is 2. The van der Waals surface area contributed by atoms with Crippen LogP contribution in [0.15, 0.2) is 42.5 Å². The highest BCUT2D eigenvalue weighted by molar-refractivity contribution is 6.31. The molecule has 5 nitrogen and oxygen atoms in total. The van der Waals surface area contributed by atoms with E-state index >= 15 is 0 Å². The average molecular weight is 358 g/mol. The molecule has 7 heteroatoms. The Bertz CT molecular complexity index is 874. The zero-order valence-electron chi connectivity index (χ0n) is 13.0. The fourth-order valence-corrected chi connectivity index (χ4v) is 3.10. The highest BCUT2D eigenvalue weighted by atomic mass is 35.5. The van der Waals surface area contributed by atoms with Crippen molar-refractivity contribution < 1.29 is 14.0 Å². The molecular formula is C18H13ClFN3O2. The van der Waals surface area contributed by atoms with Crippen LogP contribution < -0.4 is 5.32 Å². The van der Waals surface area contributed by atoms with Gasteiger partial charge in [0, 0.05) is 29.2 Å². The number of carbonyl (C=O) groups is 2. The molecule has 0 bridgehead atoms. The van der Waals surface area contributed by atoms with Crippen LogP contribution >= 0.6 is 11.6 Å². The lowest BCUT2D eigenvalue weighted by Gasteiger charge is -2.35. The molecule has 0 saturated carbocycles. The minimum absolute atomic E-state index is 0.0360. The third-order valence-corrected chi connectivity index (χ3v) is 4.31. The SMILES string of the molecule is N#Cc1cccc(C(=O)N2CCNC(=O)[C@@H]2c2c(F)cccc2Cl)c1. The quantitative estimate of drug-likeness (QED) is 0.898. The normalized spacial score (nSPS) is 16.9. The van der Waals surface area contributed by atoms with Gasteiger partial charge in [-0.2, -0.15) is 5.26 Å². The largest absolute Gasteiger partial charge is 0.352 e.